The topological polar surface area (TPSA) is 43.4 Å². The Morgan fingerprint density at radius 1 is 1.70 bits per heavy atom. The summed E-state index contributed by atoms with van der Waals surface area (Å²) in [6.45, 7) is 0.507. The number of hydrogen-bond acceptors (Lipinski definition) is 2. The molecule has 2 unspecified atom stereocenters. The first kappa shape index (κ1) is 8.10. The Bertz CT molecular complexity index is 144. The minimum absolute atomic E-state index is 0.0378. The second-order valence-electron chi connectivity index (χ2n) is 2.34. The van der Waals surface area contributed by atoms with Crippen LogP contribution in [0.2, 0.25) is 0 Å². The van der Waals surface area contributed by atoms with Crippen molar-refractivity contribution in [3.8, 4) is 0 Å². The van der Waals surface area contributed by atoms with Crippen LogP contribution in [0.15, 0.2) is 0 Å². The van der Waals surface area contributed by atoms with E-state index in [-0.39, 0.29) is 6.54 Å². The van der Waals surface area contributed by atoms with Crippen molar-refractivity contribution in [2.75, 3.05) is 13.1 Å². The lowest BCUT2D eigenvalue weighted by Gasteiger charge is -2.29. The van der Waals surface area contributed by atoms with Gasteiger partial charge in [0.15, 0.2) is 0 Å². The third-order valence-electron chi connectivity index (χ3n) is 1.54. The van der Waals surface area contributed by atoms with E-state index in [4.69, 9.17) is 0 Å². The number of alkyl halides is 1. The van der Waals surface area contributed by atoms with Gasteiger partial charge in [-0.15, -0.1) is 0 Å². The van der Waals surface area contributed by atoms with E-state index in [2.05, 4.69) is 0 Å². The van der Waals surface area contributed by atoms with Crippen LogP contribution in [0.3, 0.4) is 0 Å². The van der Waals surface area contributed by atoms with Crippen molar-refractivity contribution in [2.24, 2.45) is 0 Å². The maximum absolute atomic E-state index is 12.5. The molecule has 1 fully saturated rings. The van der Waals surface area contributed by atoms with E-state index in [1.807, 2.05) is 0 Å². The molecule has 2 atom stereocenters. The van der Waals surface area contributed by atoms with Crippen LogP contribution in [0.25, 0.3) is 0 Å². The lowest BCUT2D eigenvalue weighted by molar-refractivity contribution is 0.200. The molecule has 0 aromatic carbocycles. The molecule has 1 aliphatic rings. The van der Waals surface area contributed by atoms with Gasteiger partial charge in [-0.2, -0.15) is 0 Å². The lowest BCUT2D eigenvalue weighted by Crippen LogP contribution is -2.37. The summed E-state index contributed by atoms with van der Waals surface area (Å²) in [5.74, 6) is 0. The maximum Gasteiger partial charge on any atom is 0.114 e. The van der Waals surface area contributed by atoms with Gasteiger partial charge in [-0.05, 0) is 12.8 Å². The lowest BCUT2D eigenvalue weighted by atomic mass is 10.1. The summed E-state index contributed by atoms with van der Waals surface area (Å²) >= 11 is -2.23. The first-order chi connectivity index (χ1) is 4.70. The first-order valence-electron chi connectivity index (χ1n) is 3.18. The van der Waals surface area contributed by atoms with Crippen LogP contribution >= 0.6 is 0 Å². The molecule has 0 saturated carbocycles. The van der Waals surface area contributed by atoms with E-state index in [0.717, 1.165) is 4.31 Å². The molecule has 1 heterocycles. The van der Waals surface area contributed by atoms with E-state index in [1.165, 1.54) is 0 Å². The molecule has 10 heavy (non-hydrogen) atoms. The number of nitrogens with zero attached hydrogens (tertiary/aromatic N) is 1. The summed E-state index contributed by atoms with van der Waals surface area (Å²) in [5, 5.41) is 0. The Kier molecular flexibility index (Phi) is 2.76. The van der Waals surface area contributed by atoms with Crippen LogP contribution < -0.4 is 0 Å². The van der Waals surface area contributed by atoms with Gasteiger partial charge in [0.25, 0.3) is 0 Å². The second-order valence-corrected chi connectivity index (χ2v) is 3.30. The third-order valence-corrected chi connectivity index (χ3v) is 2.29. The van der Waals surface area contributed by atoms with Gasteiger partial charge in [0.05, 0.1) is 0 Å². The first-order valence-corrected chi connectivity index (χ1v) is 4.21. The average molecular weight is 166 g/mol. The van der Waals surface area contributed by atoms with Crippen LogP contribution in [0, 0.1) is 0 Å². The van der Waals surface area contributed by atoms with Gasteiger partial charge >= 0.3 is 0 Å². The van der Waals surface area contributed by atoms with E-state index in [9.17, 15) is 13.2 Å². The fourth-order valence-corrected chi connectivity index (χ4v) is 1.59. The standard InChI is InChI=1S/C5H10FNO2S/c6-5-2-1-3-7(4-5)10(8)9/h5H,1-4H2,(H,8,9)/p-1. The van der Waals surface area contributed by atoms with Gasteiger partial charge < -0.3 is 4.55 Å². The zero-order valence-electron chi connectivity index (χ0n) is 5.46. The number of hydrogen-bond donors (Lipinski definition) is 0. The summed E-state index contributed by atoms with van der Waals surface area (Å²) in [6.07, 6.45) is 0.162. The molecule has 5 heteroatoms. The predicted molar refractivity (Wildman–Crippen MR) is 34.6 cm³/mol. The van der Waals surface area contributed by atoms with Gasteiger partial charge in [0.2, 0.25) is 0 Å². The Morgan fingerprint density at radius 3 is 2.80 bits per heavy atom. The Morgan fingerprint density at radius 2 is 2.40 bits per heavy atom. The van der Waals surface area contributed by atoms with Gasteiger partial charge in [-0.25, -0.2) is 8.70 Å². The molecular formula is C5H9FNO2S-. The van der Waals surface area contributed by atoms with Crippen LogP contribution in [0.1, 0.15) is 12.8 Å². The summed E-state index contributed by atoms with van der Waals surface area (Å²) in [5.41, 5.74) is 0. The van der Waals surface area contributed by atoms with Gasteiger partial charge in [0.1, 0.15) is 6.17 Å². The summed E-state index contributed by atoms with van der Waals surface area (Å²) in [6, 6.07) is 0. The Labute approximate surface area is 61.6 Å². The van der Waals surface area contributed by atoms with Crippen LogP contribution in [-0.4, -0.2) is 32.3 Å². The molecule has 60 valence electrons. The van der Waals surface area contributed by atoms with Crippen molar-refractivity contribution >= 4 is 11.3 Å². The maximum atomic E-state index is 12.5. The predicted octanol–water partition coefficient (Wildman–Crippen LogP) is 0.214. The minimum Gasteiger partial charge on any atom is -0.760 e. The molecule has 0 amide bonds. The van der Waals surface area contributed by atoms with Crippen molar-refractivity contribution < 1.29 is 13.2 Å². The number of piperidine rings is 1. The molecule has 0 bridgehead atoms. The molecule has 1 rings (SSSR count). The number of rotatable bonds is 1. The molecule has 1 aliphatic heterocycles. The second kappa shape index (κ2) is 3.41. The van der Waals surface area contributed by atoms with Crippen LogP contribution in [0.5, 0.6) is 0 Å². The Hall–Kier alpha value is -0.0000000000000000555. The van der Waals surface area contributed by atoms with Crippen molar-refractivity contribution in [1.82, 2.24) is 4.31 Å². The van der Waals surface area contributed by atoms with E-state index < -0.39 is 17.4 Å². The molecule has 0 N–H and O–H groups in total. The monoisotopic (exact) mass is 166 g/mol. The van der Waals surface area contributed by atoms with E-state index in [1.54, 1.807) is 0 Å². The quantitative estimate of drug-likeness (QED) is 0.523. The highest BCUT2D eigenvalue weighted by Crippen LogP contribution is 2.13. The van der Waals surface area contributed by atoms with Crippen molar-refractivity contribution in [3.63, 3.8) is 0 Å². The normalized spacial score (nSPS) is 32.0. The molecule has 0 aliphatic carbocycles. The average Bonchev–Trinajstić information content (AvgIpc) is 1.88. The fourth-order valence-electron chi connectivity index (χ4n) is 1.03. The van der Waals surface area contributed by atoms with Crippen LogP contribution in [-0.2, 0) is 11.3 Å². The highest BCUT2D eigenvalue weighted by atomic mass is 32.2. The summed E-state index contributed by atoms with van der Waals surface area (Å²) in [7, 11) is 0. The molecule has 3 nitrogen and oxygen atoms in total. The van der Waals surface area contributed by atoms with Crippen LogP contribution in [0.4, 0.5) is 4.39 Å². The molecule has 0 radical (unpaired) electrons. The zero-order chi connectivity index (χ0) is 7.56. The highest BCUT2D eigenvalue weighted by molar-refractivity contribution is 7.76. The van der Waals surface area contributed by atoms with Gasteiger partial charge in [-0.1, -0.05) is 0 Å². The molecule has 1 saturated heterocycles. The largest absolute Gasteiger partial charge is 0.760 e. The fraction of sp³-hybridized carbons (Fsp3) is 1.00. The highest BCUT2D eigenvalue weighted by Gasteiger charge is 2.18. The third kappa shape index (κ3) is 2.00. The zero-order valence-corrected chi connectivity index (χ0v) is 6.27. The number of halogens is 1. The van der Waals surface area contributed by atoms with E-state index in [0.29, 0.717) is 19.4 Å². The minimum atomic E-state index is -2.23. The molecule has 0 aromatic rings. The summed E-state index contributed by atoms with van der Waals surface area (Å²) < 4.78 is 34.1. The molecular weight excluding hydrogens is 157 g/mol. The summed E-state index contributed by atoms with van der Waals surface area (Å²) in [4.78, 5) is 0. The SMILES string of the molecule is O=S([O-])N1CCCC(F)C1. The van der Waals surface area contributed by atoms with Crippen molar-refractivity contribution in [3.05, 3.63) is 0 Å². The van der Waals surface area contributed by atoms with Gasteiger partial charge in [0, 0.05) is 24.4 Å². The van der Waals surface area contributed by atoms with Gasteiger partial charge in [-0.3, -0.25) is 4.21 Å². The van der Waals surface area contributed by atoms with E-state index >= 15 is 0 Å². The smallest absolute Gasteiger partial charge is 0.114 e. The van der Waals surface area contributed by atoms with Crippen molar-refractivity contribution in [2.45, 2.75) is 19.0 Å². The Balaban J connectivity index is 2.39. The van der Waals surface area contributed by atoms with Crippen molar-refractivity contribution in [1.29, 1.82) is 0 Å². The molecule has 0 aromatic heterocycles. The molecule has 0 spiro atoms.